The smallest absolute Gasteiger partial charge is 0.154 e. The van der Waals surface area contributed by atoms with Crippen LogP contribution in [0.3, 0.4) is 0 Å². The molecule has 6 heterocycles. The molecule has 3 aliphatic heterocycles. The Hall–Kier alpha value is -3.56. The summed E-state index contributed by atoms with van der Waals surface area (Å²) >= 11 is 0. The molecule has 0 amide bonds. The number of hydrogen-bond acceptors (Lipinski definition) is 7. The highest BCUT2D eigenvalue weighted by Crippen LogP contribution is 2.36. The Bertz CT molecular complexity index is 1430. The number of nitrogens with one attached hydrogen (secondary N) is 1. The zero-order valence-electron chi connectivity index (χ0n) is 21.3. The van der Waals surface area contributed by atoms with Gasteiger partial charge in [-0.1, -0.05) is 18.2 Å². The van der Waals surface area contributed by atoms with E-state index < -0.39 is 0 Å². The van der Waals surface area contributed by atoms with Gasteiger partial charge in [0.05, 0.1) is 30.1 Å². The summed E-state index contributed by atoms with van der Waals surface area (Å²) in [6.45, 7) is 4.71. The first-order valence-corrected chi connectivity index (χ1v) is 13.7. The lowest BCUT2D eigenvalue weighted by molar-refractivity contribution is -0.0467. The van der Waals surface area contributed by atoms with Crippen LogP contribution in [0.4, 0.5) is 16.0 Å². The minimum absolute atomic E-state index is 0.108. The summed E-state index contributed by atoms with van der Waals surface area (Å²) < 4.78 is 22.0. The van der Waals surface area contributed by atoms with Crippen molar-refractivity contribution in [2.75, 3.05) is 42.5 Å². The molecule has 3 aromatic heterocycles. The predicted molar refractivity (Wildman–Crippen MR) is 145 cm³/mol. The summed E-state index contributed by atoms with van der Waals surface area (Å²) in [6, 6.07) is 17.2. The first kappa shape index (κ1) is 23.5. The van der Waals surface area contributed by atoms with Gasteiger partial charge in [0.2, 0.25) is 0 Å². The summed E-state index contributed by atoms with van der Waals surface area (Å²) in [4.78, 5) is 14.2. The summed E-state index contributed by atoms with van der Waals surface area (Å²) in [5.74, 6) is 1.64. The maximum atomic E-state index is 13.9. The Kier molecular flexibility index (Phi) is 6.17. The van der Waals surface area contributed by atoms with E-state index in [1.165, 1.54) is 6.07 Å². The monoisotopic (exact) mass is 513 g/mol. The first-order valence-electron chi connectivity index (χ1n) is 13.7. The molecule has 1 unspecified atom stereocenters. The van der Waals surface area contributed by atoms with Crippen LogP contribution in [-0.4, -0.2) is 64.5 Å². The first-order chi connectivity index (χ1) is 18.7. The summed E-state index contributed by atoms with van der Waals surface area (Å²) in [7, 11) is 0. The Morgan fingerprint density at radius 2 is 1.76 bits per heavy atom. The predicted octanol–water partition coefficient (Wildman–Crippen LogP) is 4.23. The van der Waals surface area contributed by atoms with Gasteiger partial charge >= 0.3 is 0 Å². The number of benzene rings is 1. The molecule has 0 aliphatic carbocycles. The van der Waals surface area contributed by atoms with E-state index in [0.717, 1.165) is 92.6 Å². The minimum Gasteiger partial charge on any atom is -0.372 e. The second-order valence-corrected chi connectivity index (χ2v) is 10.5. The van der Waals surface area contributed by atoms with Gasteiger partial charge in [-0.15, -0.1) is 5.10 Å². The number of fused-ring (bicyclic) bond motifs is 1. The van der Waals surface area contributed by atoms with Crippen LogP contribution in [0.5, 0.6) is 0 Å². The van der Waals surface area contributed by atoms with Gasteiger partial charge in [-0.25, -0.2) is 18.9 Å². The molecule has 0 spiro atoms. The zero-order valence-corrected chi connectivity index (χ0v) is 21.3. The number of nitrogens with zero attached hydrogens (tertiary/aromatic N) is 6. The second kappa shape index (κ2) is 9.96. The van der Waals surface area contributed by atoms with Crippen molar-refractivity contribution in [1.29, 1.82) is 0 Å². The minimum atomic E-state index is -0.201. The molecule has 7 rings (SSSR count). The van der Waals surface area contributed by atoms with Crippen LogP contribution < -0.4 is 15.1 Å². The van der Waals surface area contributed by atoms with Crippen molar-refractivity contribution >= 4 is 17.3 Å². The van der Waals surface area contributed by atoms with Gasteiger partial charge in [0, 0.05) is 32.7 Å². The molecule has 3 aliphatic rings. The van der Waals surface area contributed by atoms with E-state index >= 15 is 0 Å². The number of halogens is 1. The van der Waals surface area contributed by atoms with Gasteiger partial charge in [-0.2, -0.15) is 0 Å². The summed E-state index contributed by atoms with van der Waals surface area (Å²) in [6.07, 6.45) is 6.62. The molecular formula is C29H32FN7O. The Balaban J connectivity index is 1.13. The third-order valence-corrected chi connectivity index (χ3v) is 8.02. The molecule has 196 valence electrons. The maximum Gasteiger partial charge on any atom is 0.154 e. The lowest BCUT2D eigenvalue weighted by Gasteiger charge is -2.37. The number of rotatable bonds is 6. The molecule has 4 aromatic rings. The average Bonchev–Trinajstić information content (AvgIpc) is 3.58. The van der Waals surface area contributed by atoms with Gasteiger partial charge in [-0.05, 0) is 67.6 Å². The van der Waals surface area contributed by atoms with Gasteiger partial charge in [0.15, 0.2) is 5.65 Å². The van der Waals surface area contributed by atoms with Gasteiger partial charge in [0.25, 0.3) is 0 Å². The van der Waals surface area contributed by atoms with Crippen LogP contribution in [0.2, 0.25) is 0 Å². The normalized spacial score (nSPS) is 20.8. The fraction of sp³-hybridized carbons (Fsp3) is 0.414. The molecule has 1 N–H and O–H groups in total. The number of anilines is 2. The topological polar surface area (TPSA) is 70.8 Å². The fourth-order valence-electron chi connectivity index (χ4n) is 5.89. The van der Waals surface area contributed by atoms with E-state index in [0.29, 0.717) is 12.2 Å². The lowest BCUT2D eigenvalue weighted by Crippen LogP contribution is -2.51. The van der Waals surface area contributed by atoms with Crippen LogP contribution in [0, 0.1) is 5.82 Å². The van der Waals surface area contributed by atoms with Crippen molar-refractivity contribution in [2.45, 2.75) is 43.9 Å². The van der Waals surface area contributed by atoms with Crippen LogP contribution in [0.25, 0.3) is 17.0 Å². The highest BCUT2D eigenvalue weighted by atomic mass is 19.1. The molecule has 0 radical (unpaired) electrons. The highest BCUT2D eigenvalue weighted by molar-refractivity contribution is 5.62. The number of aromatic nitrogens is 4. The van der Waals surface area contributed by atoms with E-state index in [1.807, 2.05) is 35.0 Å². The van der Waals surface area contributed by atoms with Crippen molar-refractivity contribution in [3.8, 4) is 11.4 Å². The molecule has 1 aromatic carbocycles. The van der Waals surface area contributed by atoms with E-state index in [-0.39, 0.29) is 11.9 Å². The van der Waals surface area contributed by atoms with Crippen molar-refractivity contribution in [1.82, 2.24) is 24.9 Å². The van der Waals surface area contributed by atoms with Crippen LogP contribution in [0.15, 0.2) is 60.8 Å². The van der Waals surface area contributed by atoms with Crippen molar-refractivity contribution in [3.63, 3.8) is 0 Å². The van der Waals surface area contributed by atoms with Crippen molar-refractivity contribution < 1.29 is 9.13 Å². The second-order valence-electron chi connectivity index (χ2n) is 10.5. The number of pyridine rings is 1. The number of hydrogen-bond donors (Lipinski definition) is 1. The van der Waals surface area contributed by atoms with E-state index in [2.05, 4.69) is 32.2 Å². The van der Waals surface area contributed by atoms with Crippen molar-refractivity contribution in [2.24, 2.45) is 0 Å². The Morgan fingerprint density at radius 1 is 0.895 bits per heavy atom. The lowest BCUT2D eigenvalue weighted by atomic mass is 10.0. The van der Waals surface area contributed by atoms with E-state index in [9.17, 15) is 4.39 Å². The number of piperidine rings is 1. The standard InChI is InChI=1S/C29H32FN7O/c30-21-5-1-4-20(16-21)25-7-3-13-36(25)29-10-9-27-32-19-26(37(27)34-29)24-6-2-8-28(33-24)35-14-11-22(12-15-35)38-23-17-31-18-23/h1-2,4-6,8-10,16,19,22-23,25,31H,3,7,11-15,17-18H2. The third kappa shape index (κ3) is 4.50. The average molecular weight is 514 g/mol. The van der Waals surface area contributed by atoms with Crippen LogP contribution >= 0.6 is 0 Å². The molecule has 8 nitrogen and oxygen atoms in total. The number of ether oxygens (including phenoxy) is 1. The van der Waals surface area contributed by atoms with Gasteiger partial charge in [-0.3, -0.25) is 0 Å². The van der Waals surface area contributed by atoms with Crippen molar-refractivity contribution in [3.05, 3.63) is 72.2 Å². The molecule has 3 fully saturated rings. The quantitative estimate of drug-likeness (QED) is 0.414. The van der Waals surface area contributed by atoms with Gasteiger partial charge < -0.3 is 19.9 Å². The maximum absolute atomic E-state index is 13.9. The summed E-state index contributed by atoms with van der Waals surface area (Å²) in [5, 5.41) is 8.27. The highest BCUT2D eigenvalue weighted by Gasteiger charge is 2.29. The molecular weight excluding hydrogens is 481 g/mol. The molecule has 3 saturated heterocycles. The zero-order chi connectivity index (χ0) is 25.5. The van der Waals surface area contributed by atoms with Crippen LogP contribution in [-0.2, 0) is 4.74 Å². The molecule has 1 atom stereocenters. The SMILES string of the molecule is Fc1cccc(C2CCCN2c2ccc3ncc(-c4cccc(N5CCC(OC6CNC6)CC5)n4)n3n2)c1. The number of imidazole rings is 1. The fourth-order valence-corrected chi connectivity index (χ4v) is 5.89. The van der Waals surface area contributed by atoms with Crippen LogP contribution in [0.1, 0.15) is 37.3 Å². The Morgan fingerprint density at radius 3 is 2.58 bits per heavy atom. The largest absolute Gasteiger partial charge is 0.372 e. The molecule has 38 heavy (non-hydrogen) atoms. The van der Waals surface area contributed by atoms with Gasteiger partial charge in [0.1, 0.15) is 23.1 Å². The molecule has 0 saturated carbocycles. The summed E-state index contributed by atoms with van der Waals surface area (Å²) in [5.41, 5.74) is 3.48. The third-order valence-electron chi connectivity index (χ3n) is 8.02. The van der Waals surface area contributed by atoms with E-state index in [1.54, 1.807) is 12.1 Å². The molecule has 9 heteroatoms. The van der Waals surface area contributed by atoms with E-state index in [4.69, 9.17) is 14.8 Å². The Labute approximate surface area is 221 Å². The molecule has 0 bridgehead atoms.